The number of methoxy groups -OCH3 is 4. The van der Waals surface area contributed by atoms with Gasteiger partial charge in [-0.15, -0.1) is 0 Å². The molecule has 1 aliphatic heterocycles. The van der Waals surface area contributed by atoms with Gasteiger partial charge in [0.25, 0.3) is 0 Å². The molecule has 0 radical (unpaired) electrons. The molecule has 2 aliphatic rings. The Morgan fingerprint density at radius 2 is 1.17 bits per heavy atom. The maximum atomic E-state index is 7.40. The summed E-state index contributed by atoms with van der Waals surface area (Å²) in [5.74, 6) is 4.06. The fraction of sp³-hybridized carbons (Fsp3) is 0.143. The first-order valence-corrected chi connectivity index (χ1v) is 15.7. The number of rotatable bonds is 7. The van der Waals surface area contributed by atoms with Gasteiger partial charge in [-0.3, -0.25) is 0 Å². The number of ether oxygens (including phenoxy) is 5. The summed E-state index contributed by atoms with van der Waals surface area (Å²) in [5.41, 5.74) is 8.12. The molecule has 0 aromatic heterocycles. The van der Waals surface area contributed by atoms with Gasteiger partial charge in [-0.2, -0.15) is 0 Å². The van der Waals surface area contributed by atoms with Crippen LogP contribution in [0.4, 0.5) is 0 Å². The largest absolute Gasteiger partial charge is 0.497 e. The molecule has 0 spiro atoms. The summed E-state index contributed by atoms with van der Waals surface area (Å²) in [6, 6.07) is 39.6. The lowest BCUT2D eigenvalue weighted by Crippen LogP contribution is -2.34. The van der Waals surface area contributed by atoms with Crippen molar-refractivity contribution >= 4 is 16.8 Å². The van der Waals surface area contributed by atoms with Crippen LogP contribution in [0, 0.1) is 0 Å². The van der Waals surface area contributed by atoms with Gasteiger partial charge in [0, 0.05) is 28.0 Å². The van der Waals surface area contributed by atoms with E-state index in [-0.39, 0.29) is 5.92 Å². The van der Waals surface area contributed by atoms with E-state index in [1.54, 1.807) is 28.4 Å². The molecule has 5 nitrogen and oxygen atoms in total. The van der Waals surface area contributed by atoms with Gasteiger partial charge in [0.05, 0.1) is 28.4 Å². The van der Waals surface area contributed by atoms with E-state index >= 15 is 0 Å². The summed E-state index contributed by atoms with van der Waals surface area (Å²) in [7, 11) is 6.79. The highest BCUT2D eigenvalue weighted by atomic mass is 16.5. The van der Waals surface area contributed by atoms with Gasteiger partial charge in [-0.25, -0.2) is 0 Å². The second-order valence-electron chi connectivity index (χ2n) is 11.9. The van der Waals surface area contributed by atoms with Gasteiger partial charge in [-0.1, -0.05) is 66.7 Å². The SMILES string of the molecule is COc1ccc(C2(c3ccc(OC)cc3)C=Cc3c4c(c5ccccc5c3O2)C(c2cccc(OC)c2)c2cc(OC)ccc2-4)cc1. The fourth-order valence-corrected chi connectivity index (χ4v) is 7.32. The van der Waals surface area contributed by atoms with Crippen molar-refractivity contribution < 1.29 is 23.7 Å². The van der Waals surface area contributed by atoms with E-state index in [1.807, 2.05) is 36.4 Å². The van der Waals surface area contributed by atoms with Crippen LogP contribution < -0.4 is 23.7 Å². The molecule has 0 saturated heterocycles. The van der Waals surface area contributed by atoms with Crippen molar-refractivity contribution in [1.29, 1.82) is 0 Å². The van der Waals surface area contributed by atoms with E-state index in [0.717, 1.165) is 61.8 Å². The zero-order valence-corrected chi connectivity index (χ0v) is 26.7. The second kappa shape index (κ2) is 11.3. The second-order valence-corrected chi connectivity index (χ2v) is 11.9. The summed E-state index contributed by atoms with van der Waals surface area (Å²) in [4.78, 5) is 0. The highest BCUT2D eigenvalue weighted by molar-refractivity contribution is 6.06. The standard InChI is InChI=1S/C42H34O5/c1-43-29-16-12-27(13-17-29)42(28-14-18-30(44-2)19-15-28)23-22-36-39-34-21-20-32(46-4)25-37(34)38(26-8-7-9-31(24-26)45-3)40(39)33-10-5-6-11-35(33)41(36)47-42/h5-25,38H,1-4H3. The molecule has 5 heteroatoms. The van der Waals surface area contributed by atoms with E-state index in [4.69, 9.17) is 23.7 Å². The van der Waals surface area contributed by atoms with Crippen LogP contribution in [0.5, 0.6) is 28.7 Å². The minimum absolute atomic E-state index is 0.0244. The van der Waals surface area contributed by atoms with Crippen molar-refractivity contribution in [3.8, 4) is 39.9 Å². The summed E-state index contributed by atoms with van der Waals surface area (Å²) >= 11 is 0. The Hall–Kier alpha value is -5.68. The van der Waals surface area contributed by atoms with Crippen LogP contribution in [0.3, 0.4) is 0 Å². The van der Waals surface area contributed by atoms with Crippen LogP contribution >= 0.6 is 0 Å². The molecule has 6 aromatic rings. The Kier molecular flexibility index (Phi) is 6.91. The molecule has 1 heterocycles. The number of fused-ring (bicyclic) bond motifs is 8. The van der Waals surface area contributed by atoms with Gasteiger partial charge >= 0.3 is 0 Å². The number of hydrogen-bond acceptors (Lipinski definition) is 5. The molecule has 1 unspecified atom stereocenters. The molecular weight excluding hydrogens is 584 g/mol. The third kappa shape index (κ3) is 4.45. The monoisotopic (exact) mass is 618 g/mol. The lowest BCUT2D eigenvalue weighted by atomic mass is 9.81. The molecule has 232 valence electrons. The third-order valence-corrected chi connectivity index (χ3v) is 9.59. The smallest absolute Gasteiger partial charge is 0.178 e. The van der Waals surface area contributed by atoms with Crippen LogP contribution in [0.15, 0.2) is 121 Å². The summed E-state index contributed by atoms with van der Waals surface area (Å²) in [6.45, 7) is 0. The normalized spacial score (nSPS) is 15.3. The number of hydrogen-bond donors (Lipinski definition) is 0. The molecule has 0 saturated carbocycles. The Morgan fingerprint density at radius 3 is 1.81 bits per heavy atom. The first-order valence-electron chi connectivity index (χ1n) is 15.7. The van der Waals surface area contributed by atoms with Crippen LogP contribution in [0.2, 0.25) is 0 Å². The van der Waals surface area contributed by atoms with Gasteiger partial charge in [0.1, 0.15) is 28.7 Å². The van der Waals surface area contributed by atoms with Gasteiger partial charge in [0.2, 0.25) is 0 Å². The van der Waals surface area contributed by atoms with Gasteiger partial charge in [0.15, 0.2) is 5.60 Å². The Labute approximate surface area is 274 Å². The summed E-state index contributed by atoms with van der Waals surface area (Å²) in [6.07, 6.45) is 4.44. The van der Waals surface area contributed by atoms with Crippen molar-refractivity contribution in [3.63, 3.8) is 0 Å². The Morgan fingerprint density at radius 1 is 0.574 bits per heavy atom. The maximum absolute atomic E-state index is 7.40. The predicted molar refractivity (Wildman–Crippen MR) is 186 cm³/mol. The van der Waals surface area contributed by atoms with Crippen LogP contribution in [0.1, 0.15) is 39.3 Å². The third-order valence-electron chi connectivity index (χ3n) is 9.59. The molecule has 0 bridgehead atoms. The van der Waals surface area contributed by atoms with Crippen molar-refractivity contribution in [2.75, 3.05) is 28.4 Å². The lowest BCUT2D eigenvalue weighted by Gasteiger charge is -2.37. The average molecular weight is 619 g/mol. The molecule has 1 aliphatic carbocycles. The topological polar surface area (TPSA) is 46.2 Å². The van der Waals surface area contributed by atoms with E-state index < -0.39 is 5.60 Å². The first kappa shape index (κ1) is 28.8. The first-order chi connectivity index (χ1) is 23.1. The summed E-state index contributed by atoms with van der Waals surface area (Å²) in [5, 5.41) is 2.21. The molecular formula is C42H34O5. The van der Waals surface area contributed by atoms with E-state index in [0.29, 0.717) is 0 Å². The zero-order chi connectivity index (χ0) is 32.1. The molecule has 0 fully saturated rings. The van der Waals surface area contributed by atoms with E-state index in [9.17, 15) is 0 Å². The summed E-state index contributed by atoms with van der Waals surface area (Å²) < 4.78 is 29.8. The van der Waals surface area contributed by atoms with Crippen LogP contribution in [-0.2, 0) is 5.60 Å². The van der Waals surface area contributed by atoms with Crippen molar-refractivity contribution in [3.05, 3.63) is 155 Å². The average Bonchev–Trinajstić information content (AvgIpc) is 3.49. The van der Waals surface area contributed by atoms with Crippen molar-refractivity contribution in [2.45, 2.75) is 11.5 Å². The minimum atomic E-state index is -0.893. The highest BCUT2D eigenvalue weighted by Gasteiger charge is 2.42. The van der Waals surface area contributed by atoms with Crippen LogP contribution in [0.25, 0.3) is 28.0 Å². The lowest BCUT2D eigenvalue weighted by molar-refractivity contribution is 0.163. The van der Waals surface area contributed by atoms with E-state index in [2.05, 4.69) is 91.0 Å². The molecule has 0 N–H and O–H groups in total. The molecule has 8 rings (SSSR count). The fourth-order valence-electron chi connectivity index (χ4n) is 7.32. The number of benzene rings is 6. The molecule has 6 aromatic carbocycles. The maximum Gasteiger partial charge on any atom is 0.178 e. The Balaban J connectivity index is 1.42. The van der Waals surface area contributed by atoms with Gasteiger partial charge in [-0.05, 0) is 93.9 Å². The highest BCUT2D eigenvalue weighted by Crippen LogP contribution is 2.58. The Bertz CT molecular complexity index is 2110. The molecule has 1 atom stereocenters. The minimum Gasteiger partial charge on any atom is -0.497 e. The zero-order valence-electron chi connectivity index (χ0n) is 26.7. The van der Waals surface area contributed by atoms with Gasteiger partial charge < -0.3 is 23.7 Å². The van der Waals surface area contributed by atoms with Crippen LogP contribution in [-0.4, -0.2) is 28.4 Å². The van der Waals surface area contributed by atoms with Crippen molar-refractivity contribution in [1.82, 2.24) is 0 Å². The predicted octanol–water partition coefficient (Wildman–Crippen LogP) is 9.38. The quantitative estimate of drug-likeness (QED) is 0.178. The molecule has 0 amide bonds. The van der Waals surface area contributed by atoms with Crippen molar-refractivity contribution in [2.24, 2.45) is 0 Å². The van der Waals surface area contributed by atoms with E-state index in [1.165, 1.54) is 22.3 Å². The molecule has 47 heavy (non-hydrogen) atoms.